The Bertz CT molecular complexity index is 2900. The lowest BCUT2D eigenvalue weighted by Crippen LogP contribution is -2.48. The molecule has 2 aromatic carbocycles. The van der Waals surface area contributed by atoms with Gasteiger partial charge in [0.05, 0.1) is 52.3 Å². The standard InChI is InChI=1S/C25H26F3N7O2.C21H21F3N6O/c1-34-20-13-18(31-19(14-29)22(20)32-33-34)16-2-3-21(17(12-16)25(26,27)28)37-11-6-15-4-9-35(10-5-15)23(36)24(30)7-8-24;1-30-18-11-16(27-17(12-25)20(18)28-29-30)14-2-3-19(15(10-14)21(22,23)24)31-9-6-13-4-7-26-8-5-13/h2-3,12-13,15H,4-11,30H2,1H3;2-3,10-11,13,26H,4-9H2,1H3. The highest BCUT2D eigenvalue weighted by Gasteiger charge is 2.48. The van der Waals surface area contributed by atoms with Gasteiger partial charge in [-0.05, 0) is 125 Å². The molecule has 356 valence electrons. The zero-order chi connectivity index (χ0) is 48.4. The summed E-state index contributed by atoms with van der Waals surface area (Å²) in [4.78, 5) is 22.6. The van der Waals surface area contributed by atoms with Crippen LogP contribution < -0.4 is 20.5 Å². The first kappa shape index (κ1) is 47.6. The number of nitrogens with zero attached hydrogens (tertiary/aromatic N) is 11. The molecule has 0 unspecified atom stereocenters. The Balaban J connectivity index is 0.000000187. The predicted molar refractivity (Wildman–Crippen MR) is 234 cm³/mol. The average molecular weight is 944 g/mol. The number of benzene rings is 2. The third-order valence-electron chi connectivity index (χ3n) is 12.7. The van der Waals surface area contributed by atoms with Crippen molar-refractivity contribution in [3.8, 4) is 46.2 Å². The molecule has 6 heterocycles. The van der Waals surface area contributed by atoms with E-state index >= 15 is 0 Å². The third kappa shape index (κ3) is 10.5. The van der Waals surface area contributed by atoms with Crippen molar-refractivity contribution >= 4 is 28.0 Å². The Morgan fingerprint density at radius 1 is 0.735 bits per heavy atom. The number of hydrogen-bond donors (Lipinski definition) is 2. The number of carbonyl (C=O) groups excluding carboxylic acids is 1. The van der Waals surface area contributed by atoms with Crippen LogP contribution >= 0.6 is 0 Å². The number of fused-ring (bicyclic) bond motifs is 2. The van der Waals surface area contributed by atoms with Crippen LogP contribution in [0.15, 0.2) is 48.5 Å². The van der Waals surface area contributed by atoms with Crippen LogP contribution in [0.25, 0.3) is 44.6 Å². The summed E-state index contributed by atoms with van der Waals surface area (Å²) in [6.07, 6.45) is -2.91. The van der Waals surface area contributed by atoms with E-state index in [9.17, 15) is 41.7 Å². The van der Waals surface area contributed by atoms with Crippen molar-refractivity contribution in [3.05, 3.63) is 71.0 Å². The van der Waals surface area contributed by atoms with E-state index in [-0.39, 0.29) is 76.0 Å². The molecule has 0 bridgehead atoms. The second-order valence-corrected chi connectivity index (χ2v) is 17.4. The van der Waals surface area contributed by atoms with E-state index < -0.39 is 29.0 Å². The largest absolute Gasteiger partial charge is 0.493 e. The number of ether oxygens (including phenoxy) is 2. The van der Waals surface area contributed by atoms with Gasteiger partial charge >= 0.3 is 12.4 Å². The van der Waals surface area contributed by atoms with Crippen molar-refractivity contribution in [3.63, 3.8) is 0 Å². The van der Waals surface area contributed by atoms with E-state index in [0.717, 1.165) is 70.2 Å². The molecule has 1 aliphatic carbocycles. The number of rotatable bonds is 11. The molecule has 2 aliphatic heterocycles. The highest BCUT2D eigenvalue weighted by molar-refractivity contribution is 5.89. The molecule has 9 rings (SSSR count). The predicted octanol–water partition coefficient (Wildman–Crippen LogP) is 7.11. The van der Waals surface area contributed by atoms with E-state index in [2.05, 4.69) is 35.9 Å². The number of nitrogens with two attached hydrogens (primary N) is 1. The number of piperidine rings is 2. The van der Waals surface area contributed by atoms with Crippen LogP contribution in [0.3, 0.4) is 0 Å². The van der Waals surface area contributed by atoms with Crippen LogP contribution in [0.2, 0.25) is 0 Å². The maximum absolute atomic E-state index is 13.9. The molecule has 68 heavy (non-hydrogen) atoms. The first-order valence-electron chi connectivity index (χ1n) is 22.1. The van der Waals surface area contributed by atoms with E-state index in [4.69, 9.17) is 15.2 Å². The number of likely N-dealkylation sites (tertiary alicyclic amines) is 1. The molecule has 3 fully saturated rings. The maximum Gasteiger partial charge on any atom is 0.419 e. The van der Waals surface area contributed by atoms with Crippen LogP contribution in [-0.4, -0.2) is 95.7 Å². The fourth-order valence-electron chi connectivity index (χ4n) is 8.51. The molecule has 0 atom stereocenters. The topological polar surface area (TPSA) is 212 Å². The molecule has 1 amide bonds. The van der Waals surface area contributed by atoms with Gasteiger partial charge in [-0.15, -0.1) is 10.2 Å². The smallest absolute Gasteiger partial charge is 0.419 e. The van der Waals surface area contributed by atoms with Gasteiger partial charge in [0, 0.05) is 38.3 Å². The Morgan fingerprint density at radius 2 is 1.18 bits per heavy atom. The van der Waals surface area contributed by atoms with Crippen LogP contribution in [0.1, 0.15) is 73.9 Å². The fraction of sp³-hybridized carbons (Fsp3) is 0.457. The summed E-state index contributed by atoms with van der Waals surface area (Å²) in [5.41, 5.74) is 6.03. The summed E-state index contributed by atoms with van der Waals surface area (Å²) in [5.74, 6) is 0.272. The minimum Gasteiger partial charge on any atom is -0.493 e. The van der Waals surface area contributed by atoms with E-state index in [1.165, 1.54) is 33.6 Å². The van der Waals surface area contributed by atoms with Gasteiger partial charge in [-0.2, -0.15) is 36.9 Å². The van der Waals surface area contributed by atoms with Gasteiger partial charge in [-0.3, -0.25) is 4.79 Å². The van der Waals surface area contributed by atoms with Crippen molar-refractivity contribution in [2.75, 3.05) is 39.4 Å². The highest BCUT2D eigenvalue weighted by atomic mass is 19.4. The zero-order valence-corrected chi connectivity index (χ0v) is 37.2. The van der Waals surface area contributed by atoms with Crippen molar-refractivity contribution in [1.29, 1.82) is 10.5 Å². The van der Waals surface area contributed by atoms with Gasteiger partial charge in [0.1, 0.15) is 34.7 Å². The maximum atomic E-state index is 13.9. The summed E-state index contributed by atoms with van der Waals surface area (Å²) in [6.45, 7) is 3.45. The van der Waals surface area contributed by atoms with Gasteiger partial charge in [-0.25, -0.2) is 19.3 Å². The van der Waals surface area contributed by atoms with Crippen LogP contribution in [0.5, 0.6) is 11.5 Å². The highest BCUT2D eigenvalue weighted by Crippen LogP contribution is 2.41. The van der Waals surface area contributed by atoms with Gasteiger partial charge in [0.2, 0.25) is 5.91 Å². The Morgan fingerprint density at radius 3 is 1.59 bits per heavy atom. The first-order valence-corrected chi connectivity index (χ1v) is 22.1. The molecule has 4 aromatic heterocycles. The molecule has 6 aromatic rings. The van der Waals surface area contributed by atoms with Gasteiger partial charge in [0.25, 0.3) is 0 Å². The SMILES string of the molecule is Cn1nnc2c(C#N)nc(-c3ccc(OCCC4CCN(C(=O)C5(N)CC5)CC4)c(C(F)(F)F)c3)cc21.Cn1nnc2c(C#N)nc(-c3ccc(OCCC4CCNCC4)c(C(F)(F)F)c3)cc21. The Hall–Kier alpha value is -6.91. The van der Waals surface area contributed by atoms with Gasteiger partial charge in [-0.1, -0.05) is 10.4 Å². The lowest BCUT2D eigenvalue weighted by Gasteiger charge is -2.33. The molecule has 3 aliphatic rings. The van der Waals surface area contributed by atoms with Crippen LogP contribution in [-0.2, 0) is 31.2 Å². The molecule has 0 radical (unpaired) electrons. The van der Waals surface area contributed by atoms with E-state index in [1.54, 1.807) is 31.1 Å². The number of amides is 1. The van der Waals surface area contributed by atoms with Crippen molar-refractivity contribution in [1.82, 2.24) is 50.2 Å². The van der Waals surface area contributed by atoms with Gasteiger partial charge < -0.3 is 25.4 Å². The number of pyridine rings is 2. The Labute approximate surface area is 386 Å². The third-order valence-corrected chi connectivity index (χ3v) is 12.7. The van der Waals surface area contributed by atoms with Crippen LogP contribution in [0.4, 0.5) is 26.3 Å². The molecule has 2 saturated heterocycles. The van der Waals surface area contributed by atoms with E-state index in [1.807, 2.05) is 12.1 Å². The minimum atomic E-state index is -4.64. The lowest BCUT2D eigenvalue weighted by molar-refractivity contribution is -0.139. The summed E-state index contributed by atoms with van der Waals surface area (Å²) in [7, 11) is 3.27. The van der Waals surface area contributed by atoms with Gasteiger partial charge in [0.15, 0.2) is 11.4 Å². The quantitative estimate of drug-likeness (QED) is 0.124. The zero-order valence-electron chi connectivity index (χ0n) is 37.2. The first-order chi connectivity index (χ1) is 32.5. The second-order valence-electron chi connectivity index (χ2n) is 17.4. The van der Waals surface area contributed by atoms with Crippen molar-refractivity contribution in [2.24, 2.45) is 31.7 Å². The number of halogens is 6. The number of carbonyl (C=O) groups is 1. The normalized spacial score (nSPS) is 16.5. The summed E-state index contributed by atoms with van der Waals surface area (Å²) in [6, 6.07) is 14.6. The summed E-state index contributed by atoms with van der Waals surface area (Å²) < 4.78 is 97.1. The van der Waals surface area contributed by atoms with Crippen molar-refractivity contribution in [2.45, 2.75) is 69.3 Å². The number of hydrogen-bond acceptors (Lipinski definition) is 13. The molecule has 3 N–H and O–H groups in total. The molecular weight excluding hydrogens is 897 g/mol. The Kier molecular flexibility index (Phi) is 13.5. The second kappa shape index (κ2) is 19.4. The lowest BCUT2D eigenvalue weighted by atomic mass is 9.93. The average Bonchev–Trinajstić information content (AvgIpc) is 3.82. The van der Waals surface area contributed by atoms with Crippen LogP contribution in [0, 0.1) is 34.5 Å². The fourth-order valence-corrected chi connectivity index (χ4v) is 8.51. The number of aryl methyl sites for hydroxylation is 2. The minimum absolute atomic E-state index is 0.00675. The van der Waals surface area contributed by atoms with E-state index in [0.29, 0.717) is 42.0 Å². The monoisotopic (exact) mass is 943 g/mol. The molecular formula is C46H47F6N13O3. The van der Waals surface area contributed by atoms with Crippen molar-refractivity contribution < 1.29 is 40.6 Å². The number of nitrogens with one attached hydrogen (secondary N) is 1. The molecule has 1 saturated carbocycles. The molecule has 16 nitrogen and oxygen atoms in total. The molecule has 0 spiro atoms. The number of aromatic nitrogens is 8. The molecule has 22 heteroatoms. The number of alkyl halides is 6. The summed E-state index contributed by atoms with van der Waals surface area (Å²) in [5, 5.41) is 37.5. The summed E-state index contributed by atoms with van der Waals surface area (Å²) >= 11 is 0. The number of nitriles is 2.